The van der Waals surface area contributed by atoms with Gasteiger partial charge in [0, 0.05) is 16.5 Å². The molecule has 0 radical (unpaired) electrons. The highest BCUT2D eigenvalue weighted by atomic mass is 35.5. The highest BCUT2D eigenvalue weighted by Gasteiger charge is 1.99. The predicted molar refractivity (Wildman–Crippen MR) is 45.6 cm³/mol. The van der Waals surface area contributed by atoms with Crippen molar-refractivity contribution in [2.24, 2.45) is 0 Å². The van der Waals surface area contributed by atoms with Crippen LogP contribution in [0.2, 0.25) is 5.02 Å². The topological polar surface area (TPSA) is 39.2 Å². The highest BCUT2D eigenvalue weighted by Crippen LogP contribution is 2.23. The second-order valence-corrected chi connectivity index (χ2v) is 2.77. The molecular formula is C8H6ClNO. The Morgan fingerprint density at radius 3 is 2.91 bits per heavy atom. The van der Waals surface area contributed by atoms with Gasteiger partial charge in [0.05, 0.1) is 0 Å². The van der Waals surface area contributed by atoms with Crippen LogP contribution in [-0.2, 0) is 0 Å². The smallest absolute Gasteiger partial charge is 0.191 e. The van der Waals surface area contributed by atoms with Gasteiger partial charge in [-0.15, -0.1) is 0 Å². The Hall–Kier alpha value is -1.15. The molecule has 0 atom stereocenters. The fraction of sp³-hybridized carbons (Fsp3) is 0. The number of hydrogen-bond donors (Lipinski definition) is 1. The standard InChI is InChI=1S/C8H6ClNO/c9-6-1-2-7-5(3-6)4-8(10)11-7/h1-4H,10H2. The van der Waals surface area contributed by atoms with Crippen molar-refractivity contribution in [1.82, 2.24) is 0 Å². The summed E-state index contributed by atoms with van der Waals surface area (Å²) in [4.78, 5) is 0. The molecule has 0 bridgehead atoms. The number of anilines is 1. The number of furan rings is 1. The molecule has 2 nitrogen and oxygen atoms in total. The van der Waals surface area contributed by atoms with Crippen molar-refractivity contribution in [3.8, 4) is 0 Å². The summed E-state index contributed by atoms with van der Waals surface area (Å²) in [7, 11) is 0. The summed E-state index contributed by atoms with van der Waals surface area (Å²) in [6, 6.07) is 7.14. The van der Waals surface area contributed by atoms with Gasteiger partial charge in [0.15, 0.2) is 5.88 Å². The van der Waals surface area contributed by atoms with E-state index < -0.39 is 0 Å². The second-order valence-electron chi connectivity index (χ2n) is 2.33. The van der Waals surface area contributed by atoms with Crippen molar-refractivity contribution in [1.29, 1.82) is 0 Å². The molecule has 0 aliphatic heterocycles. The van der Waals surface area contributed by atoms with Crippen LogP contribution < -0.4 is 5.73 Å². The van der Waals surface area contributed by atoms with Gasteiger partial charge in [-0.3, -0.25) is 0 Å². The first-order valence-electron chi connectivity index (χ1n) is 3.20. The molecule has 0 fully saturated rings. The van der Waals surface area contributed by atoms with Gasteiger partial charge in [-0.25, -0.2) is 0 Å². The van der Waals surface area contributed by atoms with Crippen molar-refractivity contribution in [3.05, 3.63) is 29.3 Å². The quantitative estimate of drug-likeness (QED) is 0.655. The van der Waals surface area contributed by atoms with E-state index in [0.29, 0.717) is 10.9 Å². The molecule has 0 aliphatic rings. The zero-order valence-corrected chi connectivity index (χ0v) is 6.43. The maximum absolute atomic E-state index is 5.75. The number of benzene rings is 1. The summed E-state index contributed by atoms with van der Waals surface area (Å²) < 4.78 is 5.14. The van der Waals surface area contributed by atoms with Crippen molar-refractivity contribution < 1.29 is 4.42 Å². The van der Waals surface area contributed by atoms with E-state index in [-0.39, 0.29) is 0 Å². The second kappa shape index (κ2) is 2.17. The molecule has 0 saturated heterocycles. The van der Waals surface area contributed by atoms with Crippen molar-refractivity contribution in [3.63, 3.8) is 0 Å². The number of nitrogen functional groups attached to an aromatic ring is 1. The lowest BCUT2D eigenvalue weighted by Gasteiger charge is -1.87. The number of halogens is 1. The van der Waals surface area contributed by atoms with E-state index >= 15 is 0 Å². The van der Waals surface area contributed by atoms with Crippen LogP contribution in [-0.4, -0.2) is 0 Å². The molecule has 0 amide bonds. The molecule has 2 N–H and O–H groups in total. The highest BCUT2D eigenvalue weighted by molar-refractivity contribution is 6.31. The summed E-state index contributed by atoms with van der Waals surface area (Å²) >= 11 is 5.75. The fourth-order valence-electron chi connectivity index (χ4n) is 1.03. The number of rotatable bonds is 0. The first-order chi connectivity index (χ1) is 5.25. The molecule has 1 aromatic carbocycles. The van der Waals surface area contributed by atoms with Gasteiger partial charge in [-0.1, -0.05) is 11.6 Å². The van der Waals surface area contributed by atoms with Gasteiger partial charge in [0.25, 0.3) is 0 Å². The molecule has 0 spiro atoms. The van der Waals surface area contributed by atoms with Crippen LogP contribution in [0.25, 0.3) is 11.0 Å². The van der Waals surface area contributed by atoms with E-state index in [0.717, 1.165) is 11.0 Å². The normalized spacial score (nSPS) is 10.6. The summed E-state index contributed by atoms with van der Waals surface area (Å²) in [5.74, 6) is 0.419. The van der Waals surface area contributed by atoms with Crippen LogP contribution in [0.3, 0.4) is 0 Å². The van der Waals surface area contributed by atoms with Crippen molar-refractivity contribution in [2.45, 2.75) is 0 Å². The molecule has 3 heteroatoms. The van der Waals surface area contributed by atoms with Gasteiger partial charge >= 0.3 is 0 Å². The van der Waals surface area contributed by atoms with Crippen LogP contribution in [0.4, 0.5) is 5.88 Å². The average Bonchev–Trinajstić information content (AvgIpc) is 2.27. The Balaban J connectivity index is 2.82. The number of nitrogens with two attached hydrogens (primary N) is 1. The maximum atomic E-state index is 5.75. The van der Waals surface area contributed by atoms with Gasteiger partial charge in [-0.05, 0) is 18.2 Å². The first-order valence-corrected chi connectivity index (χ1v) is 3.58. The van der Waals surface area contributed by atoms with Gasteiger partial charge < -0.3 is 10.2 Å². The maximum Gasteiger partial charge on any atom is 0.191 e. The molecule has 11 heavy (non-hydrogen) atoms. The molecule has 2 rings (SSSR count). The lowest BCUT2D eigenvalue weighted by molar-refractivity contribution is 0.637. The lowest BCUT2D eigenvalue weighted by Crippen LogP contribution is -1.75. The molecular weight excluding hydrogens is 162 g/mol. The van der Waals surface area contributed by atoms with Crippen LogP contribution in [0.1, 0.15) is 0 Å². The summed E-state index contributed by atoms with van der Waals surface area (Å²) in [6.45, 7) is 0. The molecule has 0 unspecified atom stereocenters. The van der Waals surface area contributed by atoms with Gasteiger partial charge in [0.2, 0.25) is 0 Å². The Labute approximate surface area is 68.6 Å². The minimum atomic E-state index is 0.419. The number of fused-ring (bicyclic) bond motifs is 1. The summed E-state index contributed by atoms with van der Waals surface area (Å²) in [6.07, 6.45) is 0. The predicted octanol–water partition coefficient (Wildman–Crippen LogP) is 2.67. The third-order valence-corrected chi connectivity index (χ3v) is 1.73. The molecule has 0 aliphatic carbocycles. The molecule has 1 heterocycles. The van der Waals surface area contributed by atoms with E-state index in [4.69, 9.17) is 21.8 Å². The largest absolute Gasteiger partial charge is 0.441 e. The molecule has 56 valence electrons. The Morgan fingerprint density at radius 2 is 2.09 bits per heavy atom. The van der Waals surface area contributed by atoms with Crippen LogP contribution in [0.5, 0.6) is 0 Å². The van der Waals surface area contributed by atoms with Gasteiger partial charge in [-0.2, -0.15) is 0 Å². The summed E-state index contributed by atoms with van der Waals surface area (Å²) in [5.41, 5.74) is 6.20. The van der Waals surface area contributed by atoms with E-state index in [9.17, 15) is 0 Å². The average molecular weight is 168 g/mol. The van der Waals surface area contributed by atoms with Crippen LogP contribution >= 0.6 is 11.6 Å². The molecule has 1 aromatic heterocycles. The Kier molecular flexibility index (Phi) is 1.29. The van der Waals surface area contributed by atoms with Crippen molar-refractivity contribution in [2.75, 3.05) is 5.73 Å². The molecule has 2 aromatic rings. The summed E-state index contributed by atoms with van der Waals surface area (Å²) in [5, 5.41) is 1.63. The van der Waals surface area contributed by atoms with Gasteiger partial charge in [0.1, 0.15) is 5.58 Å². The van der Waals surface area contributed by atoms with Crippen LogP contribution in [0, 0.1) is 0 Å². The third kappa shape index (κ3) is 1.05. The monoisotopic (exact) mass is 167 g/mol. The SMILES string of the molecule is Nc1cc2cc(Cl)ccc2o1. The minimum absolute atomic E-state index is 0.419. The van der Waals surface area contributed by atoms with Crippen LogP contribution in [0.15, 0.2) is 28.7 Å². The Bertz CT molecular complexity index is 394. The zero-order valence-electron chi connectivity index (χ0n) is 5.67. The third-order valence-electron chi connectivity index (χ3n) is 1.50. The van der Waals surface area contributed by atoms with Crippen molar-refractivity contribution >= 4 is 28.5 Å². The number of hydrogen-bond acceptors (Lipinski definition) is 2. The minimum Gasteiger partial charge on any atom is -0.441 e. The first kappa shape index (κ1) is 6.55. The molecule has 0 saturated carbocycles. The lowest BCUT2D eigenvalue weighted by atomic mass is 10.3. The van der Waals surface area contributed by atoms with E-state index in [2.05, 4.69) is 0 Å². The Morgan fingerprint density at radius 1 is 1.27 bits per heavy atom. The fourth-order valence-corrected chi connectivity index (χ4v) is 1.22. The van der Waals surface area contributed by atoms with E-state index in [1.54, 1.807) is 18.2 Å². The van der Waals surface area contributed by atoms with E-state index in [1.165, 1.54) is 0 Å². The van der Waals surface area contributed by atoms with E-state index in [1.807, 2.05) is 6.07 Å². The zero-order chi connectivity index (χ0) is 7.84.